The van der Waals surface area contributed by atoms with Crippen LogP contribution in [0.15, 0.2) is 42.5 Å². The van der Waals surface area contributed by atoms with Crippen LogP contribution in [-0.4, -0.2) is 10.5 Å². The first kappa shape index (κ1) is 15.6. The summed E-state index contributed by atoms with van der Waals surface area (Å²) in [6, 6.07) is 12.0. The average Bonchev–Trinajstić information content (AvgIpc) is 2.83. The third-order valence-corrected chi connectivity index (χ3v) is 4.22. The molecule has 1 amide bonds. The summed E-state index contributed by atoms with van der Waals surface area (Å²) in [4.78, 5) is 12.7. The highest BCUT2D eigenvalue weighted by molar-refractivity contribution is 6.31. The zero-order valence-corrected chi connectivity index (χ0v) is 13.6. The molecule has 3 nitrogen and oxygen atoms in total. The number of carbonyl (C=O) groups excluding carboxylic acids is 1. The van der Waals surface area contributed by atoms with E-state index in [1.807, 2.05) is 42.7 Å². The zero-order chi connectivity index (χ0) is 16.6. The lowest BCUT2D eigenvalue weighted by Gasteiger charge is -2.10. The molecule has 2 aromatic carbocycles. The van der Waals surface area contributed by atoms with Crippen molar-refractivity contribution in [2.24, 2.45) is 0 Å². The maximum Gasteiger partial charge on any atom is 0.272 e. The second-order valence-corrected chi connectivity index (χ2v) is 5.73. The molecule has 3 rings (SSSR count). The Morgan fingerprint density at radius 2 is 2.00 bits per heavy atom. The first-order valence-corrected chi connectivity index (χ1v) is 7.75. The summed E-state index contributed by atoms with van der Waals surface area (Å²) in [5.74, 6) is -0.744. The van der Waals surface area contributed by atoms with Gasteiger partial charge in [-0.3, -0.25) is 4.79 Å². The molecule has 0 aliphatic heterocycles. The summed E-state index contributed by atoms with van der Waals surface area (Å²) in [6.07, 6.45) is 0. The molecule has 1 heterocycles. The number of hydrogen-bond donors (Lipinski definition) is 1. The van der Waals surface area contributed by atoms with Crippen LogP contribution in [-0.2, 0) is 6.54 Å². The average molecular weight is 331 g/mol. The van der Waals surface area contributed by atoms with Crippen LogP contribution in [0.5, 0.6) is 0 Å². The standard InChI is InChI=1S/C18H16ClFN2O/c1-3-22-16-7-5-4-6-13(16)11(2)17(22)18(23)21-12-8-9-15(20)14(19)10-12/h4-10H,3H2,1-2H3,(H,21,23). The van der Waals surface area contributed by atoms with Gasteiger partial charge in [-0.25, -0.2) is 4.39 Å². The summed E-state index contributed by atoms with van der Waals surface area (Å²) in [6.45, 7) is 4.61. The van der Waals surface area contributed by atoms with Crippen molar-refractivity contribution in [1.82, 2.24) is 4.57 Å². The van der Waals surface area contributed by atoms with Crippen LogP contribution in [0.1, 0.15) is 23.0 Å². The normalized spacial score (nSPS) is 11.0. The van der Waals surface area contributed by atoms with Crippen molar-refractivity contribution in [1.29, 1.82) is 0 Å². The number of halogens is 2. The van der Waals surface area contributed by atoms with Crippen LogP contribution in [0.3, 0.4) is 0 Å². The molecular formula is C18H16ClFN2O. The lowest BCUT2D eigenvalue weighted by molar-refractivity contribution is 0.101. The first-order chi connectivity index (χ1) is 11.0. The Balaban J connectivity index is 2.03. The predicted octanol–water partition coefficient (Wildman–Crippen LogP) is 5.01. The van der Waals surface area contributed by atoms with E-state index in [9.17, 15) is 9.18 Å². The van der Waals surface area contributed by atoms with Gasteiger partial charge in [0, 0.05) is 23.1 Å². The molecule has 0 saturated carbocycles. The highest BCUT2D eigenvalue weighted by atomic mass is 35.5. The molecule has 3 aromatic rings. The van der Waals surface area contributed by atoms with E-state index in [2.05, 4.69) is 5.32 Å². The summed E-state index contributed by atoms with van der Waals surface area (Å²) in [7, 11) is 0. The van der Waals surface area contributed by atoms with Crippen molar-refractivity contribution in [3.63, 3.8) is 0 Å². The van der Waals surface area contributed by atoms with Gasteiger partial charge in [-0.15, -0.1) is 0 Å². The lowest BCUT2D eigenvalue weighted by Crippen LogP contribution is -2.17. The van der Waals surface area contributed by atoms with Crippen molar-refractivity contribution < 1.29 is 9.18 Å². The van der Waals surface area contributed by atoms with Gasteiger partial charge in [-0.2, -0.15) is 0 Å². The molecular weight excluding hydrogens is 315 g/mol. The second-order valence-electron chi connectivity index (χ2n) is 5.32. The number of nitrogens with zero attached hydrogens (tertiary/aromatic N) is 1. The predicted molar refractivity (Wildman–Crippen MR) is 91.7 cm³/mol. The van der Waals surface area contributed by atoms with E-state index in [0.29, 0.717) is 17.9 Å². The monoisotopic (exact) mass is 330 g/mol. The molecule has 118 valence electrons. The largest absolute Gasteiger partial charge is 0.337 e. The first-order valence-electron chi connectivity index (χ1n) is 7.37. The molecule has 0 radical (unpaired) electrons. The molecule has 1 aromatic heterocycles. The Kier molecular flexibility index (Phi) is 4.09. The number of fused-ring (bicyclic) bond motifs is 1. The minimum absolute atomic E-state index is 0.0180. The van der Waals surface area contributed by atoms with Gasteiger partial charge in [0.2, 0.25) is 0 Å². The molecule has 0 unspecified atom stereocenters. The molecule has 5 heteroatoms. The molecule has 0 aliphatic carbocycles. The number of amides is 1. The number of nitrogens with one attached hydrogen (secondary N) is 1. The van der Waals surface area contributed by atoms with E-state index < -0.39 is 5.82 Å². The molecule has 1 N–H and O–H groups in total. The number of hydrogen-bond acceptors (Lipinski definition) is 1. The molecule has 0 atom stereocenters. The van der Waals surface area contributed by atoms with E-state index >= 15 is 0 Å². The van der Waals surface area contributed by atoms with Gasteiger partial charge in [0.15, 0.2) is 0 Å². The van der Waals surface area contributed by atoms with Gasteiger partial charge in [0.1, 0.15) is 11.5 Å². The number of aromatic nitrogens is 1. The van der Waals surface area contributed by atoms with Gasteiger partial charge in [0.05, 0.1) is 5.02 Å². The third kappa shape index (κ3) is 2.70. The van der Waals surface area contributed by atoms with Crippen molar-refractivity contribution in [3.8, 4) is 0 Å². The fourth-order valence-corrected chi connectivity index (χ4v) is 3.04. The number of rotatable bonds is 3. The summed E-state index contributed by atoms with van der Waals surface area (Å²) in [5, 5.41) is 3.83. The van der Waals surface area contributed by atoms with Crippen molar-refractivity contribution in [2.75, 3.05) is 5.32 Å². The minimum atomic E-state index is -0.511. The number of para-hydroxylation sites is 1. The fourth-order valence-electron chi connectivity index (χ4n) is 2.86. The maximum absolute atomic E-state index is 13.2. The van der Waals surface area contributed by atoms with Crippen LogP contribution in [0.4, 0.5) is 10.1 Å². The smallest absolute Gasteiger partial charge is 0.272 e. The molecule has 0 fully saturated rings. The number of benzene rings is 2. The van der Waals surface area contributed by atoms with Crippen molar-refractivity contribution >= 4 is 34.1 Å². The molecule has 23 heavy (non-hydrogen) atoms. The topological polar surface area (TPSA) is 34.0 Å². The van der Waals surface area contributed by atoms with Gasteiger partial charge in [-0.1, -0.05) is 29.8 Å². The summed E-state index contributed by atoms with van der Waals surface area (Å²) in [5.41, 5.74) is 3.02. The highest BCUT2D eigenvalue weighted by Gasteiger charge is 2.19. The van der Waals surface area contributed by atoms with E-state index in [1.54, 1.807) is 0 Å². The fraction of sp³-hybridized carbons (Fsp3) is 0.167. The lowest BCUT2D eigenvalue weighted by atomic mass is 10.1. The van der Waals surface area contributed by atoms with Crippen LogP contribution < -0.4 is 5.32 Å². The van der Waals surface area contributed by atoms with Crippen LogP contribution in [0, 0.1) is 12.7 Å². The number of carbonyl (C=O) groups is 1. The van der Waals surface area contributed by atoms with E-state index in [1.165, 1.54) is 18.2 Å². The Morgan fingerprint density at radius 1 is 1.26 bits per heavy atom. The van der Waals surface area contributed by atoms with Gasteiger partial charge in [0.25, 0.3) is 5.91 Å². The SMILES string of the molecule is CCn1c(C(=O)Nc2ccc(F)c(Cl)c2)c(C)c2ccccc21. The van der Waals surface area contributed by atoms with E-state index in [4.69, 9.17) is 11.6 Å². The molecule has 0 spiro atoms. The van der Waals surface area contributed by atoms with Gasteiger partial charge < -0.3 is 9.88 Å². The van der Waals surface area contributed by atoms with Gasteiger partial charge in [-0.05, 0) is 43.7 Å². The van der Waals surface area contributed by atoms with Crippen LogP contribution in [0.2, 0.25) is 5.02 Å². The quantitative estimate of drug-likeness (QED) is 0.719. The Morgan fingerprint density at radius 3 is 2.70 bits per heavy atom. The van der Waals surface area contributed by atoms with Crippen LogP contribution >= 0.6 is 11.6 Å². The third-order valence-electron chi connectivity index (χ3n) is 3.93. The maximum atomic E-state index is 13.2. The van der Waals surface area contributed by atoms with E-state index in [-0.39, 0.29) is 10.9 Å². The molecule has 0 aliphatic rings. The van der Waals surface area contributed by atoms with Crippen molar-refractivity contribution in [2.45, 2.75) is 20.4 Å². The van der Waals surface area contributed by atoms with Crippen molar-refractivity contribution in [3.05, 3.63) is 64.6 Å². The highest BCUT2D eigenvalue weighted by Crippen LogP contribution is 2.27. The summed E-state index contributed by atoms with van der Waals surface area (Å²) < 4.78 is 15.2. The number of anilines is 1. The Labute approximate surface area is 138 Å². The van der Waals surface area contributed by atoms with E-state index in [0.717, 1.165) is 16.5 Å². The second kappa shape index (κ2) is 6.05. The summed E-state index contributed by atoms with van der Waals surface area (Å²) >= 11 is 5.77. The molecule has 0 bridgehead atoms. The Hall–Kier alpha value is -2.33. The zero-order valence-electron chi connectivity index (χ0n) is 12.9. The molecule has 0 saturated heterocycles. The number of aryl methyl sites for hydroxylation is 2. The van der Waals surface area contributed by atoms with Gasteiger partial charge >= 0.3 is 0 Å². The Bertz CT molecular complexity index is 901. The van der Waals surface area contributed by atoms with Crippen LogP contribution in [0.25, 0.3) is 10.9 Å². The minimum Gasteiger partial charge on any atom is -0.337 e.